The summed E-state index contributed by atoms with van der Waals surface area (Å²) in [6.45, 7) is 8.63. The van der Waals surface area contributed by atoms with Gasteiger partial charge in [0, 0.05) is 34.4 Å². The maximum atomic E-state index is 13.3. The number of carbonyl (C=O) groups is 4. The fraction of sp³-hybridized carbons (Fsp3) is 0.153. The molecule has 0 bridgehead atoms. The van der Waals surface area contributed by atoms with Crippen molar-refractivity contribution in [2.75, 3.05) is 26.4 Å². The Morgan fingerprint density at radius 3 is 1.01 bits per heavy atom. The van der Waals surface area contributed by atoms with Gasteiger partial charge in [-0.1, -0.05) is 110 Å². The van der Waals surface area contributed by atoms with E-state index in [1.54, 1.807) is 97.1 Å². The maximum Gasteiger partial charge on any atom is 0.343 e. The molecule has 0 aliphatic heterocycles. The van der Waals surface area contributed by atoms with Gasteiger partial charge in [-0.2, -0.15) is 0 Å². The molecular weight excluding hydrogens is 1210 g/mol. The lowest BCUT2D eigenvalue weighted by Crippen LogP contribution is -2.28. The van der Waals surface area contributed by atoms with Gasteiger partial charge in [-0.15, -0.1) is 0 Å². The molecule has 97 heavy (non-hydrogen) atoms. The monoisotopic (exact) mass is 1280 g/mol. The van der Waals surface area contributed by atoms with E-state index in [1.807, 2.05) is 84.9 Å². The van der Waals surface area contributed by atoms with Gasteiger partial charge in [-0.3, -0.25) is 0 Å². The van der Waals surface area contributed by atoms with Crippen LogP contribution in [0.5, 0.6) is 46.0 Å². The molecule has 10 aromatic rings. The van der Waals surface area contributed by atoms with Gasteiger partial charge in [0.05, 0.1) is 43.0 Å². The standard InChI is InChI=1S/C85H70O12/c1-3-81(86)92-57-17-7-5-15-55-90-69-45-49-75(50-46-69)96-83(88)65-29-37-71(38-30-65)94-73-41-33-67(34-42-73)85(79-59-63(25-23-61-19-11-9-12-20-61)27-53-77(79)78-54-28-64(60-80(78)85)26-24-62-21-13-10-14-22-62)68-35-43-74(44-36-68)95-72-39-31-66(32-40-72)84(89)97-76-51-47-70(48-52-76)91-56-16-6-8-18-58-93-82(87)4-2/h3-4,9-14,19-22,27-54,59-60H,1-2,5-8,15-18,55-58H2. The predicted octanol–water partition coefficient (Wildman–Crippen LogP) is 18.2. The van der Waals surface area contributed by atoms with Crippen LogP contribution in [0.15, 0.2) is 268 Å². The highest BCUT2D eigenvalue weighted by molar-refractivity contribution is 5.92. The largest absolute Gasteiger partial charge is 0.494 e. The molecule has 1 aliphatic carbocycles. The molecule has 0 saturated carbocycles. The Kier molecular flexibility index (Phi) is 22.7. The topological polar surface area (TPSA) is 142 Å². The molecule has 0 fully saturated rings. The Labute approximate surface area is 565 Å². The van der Waals surface area contributed by atoms with Gasteiger partial charge in [0.15, 0.2) is 0 Å². The van der Waals surface area contributed by atoms with Crippen LogP contribution in [-0.2, 0) is 24.5 Å². The van der Waals surface area contributed by atoms with E-state index in [-0.39, 0.29) is 0 Å². The van der Waals surface area contributed by atoms with E-state index < -0.39 is 29.3 Å². The lowest BCUT2D eigenvalue weighted by Gasteiger charge is -2.34. The summed E-state index contributed by atoms with van der Waals surface area (Å²) in [6, 6.07) is 76.5. The zero-order valence-corrected chi connectivity index (χ0v) is 53.5. The third kappa shape index (κ3) is 17.8. The zero-order chi connectivity index (χ0) is 67.0. The average molecular weight is 1280 g/mol. The molecule has 10 aromatic carbocycles. The van der Waals surface area contributed by atoms with E-state index in [9.17, 15) is 19.2 Å². The second-order valence-corrected chi connectivity index (χ2v) is 22.8. The van der Waals surface area contributed by atoms with Crippen LogP contribution in [-0.4, -0.2) is 50.3 Å². The molecule has 0 heterocycles. The molecule has 0 saturated heterocycles. The first kappa shape index (κ1) is 66.3. The van der Waals surface area contributed by atoms with Crippen molar-refractivity contribution in [3.05, 3.63) is 324 Å². The third-order valence-corrected chi connectivity index (χ3v) is 16.1. The fourth-order valence-corrected chi connectivity index (χ4v) is 11.2. The number of rotatable bonds is 28. The van der Waals surface area contributed by atoms with E-state index >= 15 is 0 Å². The van der Waals surface area contributed by atoms with Crippen LogP contribution in [0, 0.1) is 23.7 Å². The molecule has 0 unspecified atom stereocenters. The first-order valence-electron chi connectivity index (χ1n) is 32.3. The van der Waals surface area contributed by atoms with Crippen LogP contribution >= 0.6 is 0 Å². The Hall–Kier alpha value is -12.1. The van der Waals surface area contributed by atoms with Crippen molar-refractivity contribution in [3.8, 4) is 80.8 Å². The van der Waals surface area contributed by atoms with Crippen LogP contribution in [0.3, 0.4) is 0 Å². The van der Waals surface area contributed by atoms with Crippen molar-refractivity contribution < 1.29 is 57.1 Å². The molecule has 11 rings (SSSR count). The zero-order valence-electron chi connectivity index (χ0n) is 53.5. The van der Waals surface area contributed by atoms with Gasteiger partial charge >= 0.3 is 23.9 Å². The number of benzene rings is 10. The molecule has 12 heteroatoms. The van der Waals surface area contributed by atoms with E-state index in [1.165, 1.54) is 0 Å². The molecule has 0 amide bonds. The minimum Gasteiger partial charge on any atom is -0.494 e. The summed E-state index contributed by atoms with van der Waals surface area (Å²) >= 11 is 0. The summed E-state index contributed by atoms with van der Waals surface area (Å²) in [6.07, 6.45) is 9.29. The van der Waals surface area contributed by atoms with Gasteiger partial charge in [0.2, 0.25) is 0 Å². The molecule has 0 radical (unpaired) electrons. The number of hydrogen-bond donors (Lipinski definition) is 0. The molecule has 12 nitrogen and oxygen atoms in total. The maximum absolute atomic E-state index is 13.3. The summed E-state index contributed by atoms with van der Waals surface area (Å²) in [7, 11) is 0. The van der Waals surface area contributed by atoms with E-state index in [4.69, 9.17) is 37.9 Å². The number of esters is 4. The summed E-state index contributed by atoms with van der Waals surface area (Å²) < 4.78 is 46.2. The smallest absolute Gasteiger partial charge is 0.343 e. The molecule has 482 valence electrons. The number of carbonyl (C=O) groups excluding carboxylic acids is 4. The number of hydrogen-bond acceptors (Lipinski definition) is 12. The summed E-state index contributed by atoms with van der Waals surface area (Å²) in [5.74, 6) is 16.1. The predicted molar refractivity (Wildman–Crippen MR) is 375 cm³/mol. The van der Waals surface area contributed by atoms with Gasteiger partial charge < -0.3 is 37.9 Å². The summed E-state index contributed by atoms with van der Waals surface area (Å²) in [4.78, 5) is 49.1. The average Bonchev–Trinajstić information content (AvgIpc) is 1.55. The first-order chi connectivity index (χ1) is 47.6. The van der Waals surface area contributed by atoms with Crippen LogP contribution in [0.1, 0.15) is 117 Å². The molecule has 0 spiro atoms. The van der Waals surface area contributed by atoms with E-state index in [0.717, 1.165) is 119 Å². The second-order valence-electron chi connectivity index (χ2n) is 22.8. The SMILES string of the molecule is C=CC(=O)OCCCCCCOc1ccc(OC(=O)c2ccc(Oc3ccc(C4(c5ccc(Oc6ccc(C(=O)Oc7ccc(OCCCCCCOC(=O)C=C)cc7)cc6)cc5)c5cc(C#Cc6ccccc6)ccc5-c5ccc(C#Cc6ccccc6)cc54)cc3)cc2)cc1. The molecule has 0 aromatic heterocycles. The second kappa shape index (κ2) is 33.1. The van der Waals surface area contributed by atoms with Crippen LogP contribution in [0.2, 0.25) is 0 Å². The van der Waals surface area contributed by atoms with Crippen molar-refractivity contribution in [2.24, 2.45) is 0 Å². The Bertz CT molecular complexity index is 4190. The van der Waals surface area contributed by atoms with E-state index in [2.05, 4.69) is 97.5 Å². The summed E-state index contributed by atoms with van der Waals surface area (Å²) in [5, 5.41) is 0. The Morgan fingerprint density at radius 2 is 0.649 bits per heavy atom. The quantitative estimate of drug-likeness (QED) is 0.0151. The minimum atomic E-state index is -0.916. The highest BCUT2D eigenvalue weighted by Crippen LogP contribution is 2.57. The number of unbranched alkanes of at least 4 members (excludes halogenated alkanes) is 6. The van der Waals surface area contributed by atoms with Gasteiger partial charge in [0.25, 0.3) is 0 Å². The number of ether oxygens (including phenoxy) is 8. The Morgan fingerprint density at radius 1 is 0.330 bits per heavy atom. The van der Waals surface area contributed by atoms with Crippen molar-refractivity contribution in [1.29, 1.82) is 0 Å². The molecular formula is C85H70O12. The van der Waals surface area contributed by atoms with Crippen LogP contribution in [0.25, 0.3) is 11.1 Å². The van der Waals surface area contributed by atoms with Gasteiger partial charge in [0.1, 0.15) is 46.0 Å². The summed E-state index contributed by atoms with van der Waals surface area (Å²) in [5.41, 5.74) is 9.39. The van der Waals surface area contributed by atoms with Crippen molar-refractivity contribution in [3.63, 3.8) is 0 Å². The highest BCUT2D eigenvalue weighted by Gasteiger charge is 2.46. The van der Waals surface area contributed by atoms with Crippen molar-refractivity contribution >= 4 is 23.9 Å². The first-order valence-corrected chi connectivity index (χ1v) is 32.3. The fourth-order valence-electron chi connectivity index (χ4n) is 11.2. The van der Waals surface area contributed by atoms with E-state index in [0.29, 0.717) is 83.6 Å². The molecule has 0 atom stereocenters. The molecule has 0 N–H and O–H groups in total. The lowest BCUT2D eigenvalue weighted by atomic mass is 9.67. The normalized spacial score (nSPS) is 11.3. The minimum absolute atomic E-state index is 0.352. The van der Waals surface area contributed by atoms with Crippen molar-refractivity contribution in [2.45, 2.75) is 56.8 Å². The van der Waals surface area contributed by atoms with Gasteiger partial charge in [-0.05, 0) is 255 Å². The highest BCUT2D eigenvalue weighted by atomic mass is 16.5. The van der Waals surface area contributed by atoms with Crippen LogP contribution < -0.4 is 28.4 Å². The molecule has 1 aliphatic rings. The lowest BCUT2D eigenvalue weighted by molar-refractivity contribution is -0.138. The Balaban J connectivity index is 0.806. The van der Waals surface area contributed by atoms with Crippen LogP contribution in [0.4, 0.5) is 0 Å². The third-order valence-electron chi connectivity index (χ3n) is 16.1. The number of fused-ring (bicyclic) bond motifs is 3. The van der Waals surface area contributed by atoms with Crippen molar-refractivity contribution in [1.82, 2.24) is 0 Å². The van der Waals surface area contributed by atoms with Gasteiger partial charge in [-0.25, -0.2) is 19.2 Å².